The summed E-state index contributed by atoms with van der Waals surface area (Å²) in [7, 11) is 1.55. The Bertz CT molecular complexity index is 773. The molecule has 0 bridgehead atoms. The third-order valence-corrected chi connectivity index (χ3v) is 4.42. The van der Waals surface area contributed by atoms with Gasteiger partial charge in [-0.1, -0.05) is 0 Å². The molecule has 1 aromatic carbocycles. The van der Waals surface area contributed by atoms with Crippen LogP contribution < -0.4 is 4.74 Å². The summed E-state index contributed by atoms with van der Waals surface area (Å²) in [6.07, 6.45) is -3.06. The minimum absolute atomic E-state index is 0.0204. The zero-order valence-corrected chi connectivity index (χ0v) is 13.9. The highest BCUT2D eigenvalue weighted by molar-refractivity contribution is 5.71. The van der Waals surface area contributed by atoms with E-state index < -0.39 is 24.0 Å². The first-order valence-corrected chi connectivity index (χ1v) is 7.89. The number of nitrogens with zero attached hydrogens (tertiary/aromatic N) is 2. The smallest absolute Gasteiger partial charge is 0.393 e. The van der Waals surface area contributed by atoms with Crippen molar-refractivity contribution in [2.45, 2.75) is 12.7 Å². The predicted molar refractivity (Wildman–Crippen MR) is 84.4 cm³/mol. The molecule has 0 aliphatic carbocycles. The number of halogens is 3. The minimum atomic E-state index is -4.55. The lowest BCUT2D eigenvalue weighted by atomic mass is 9.96. The normalized spacial score (nSPS) is 21.1. The van der Waals surface area contributed by atoms with Gasteiger partial charge in [-0.25, -0.2) is 4.98 Å². The number of carboxylic acids is 1. The number of carboxylic acid groups (broad SMARTS) is 1. The zero-order valence-electron chi connectivity index (χ0n) is 13.9. The summed E-state index contributed by atoms with van der Waals surface area (Å²) in [5.41, 5.74) is 0.752. The molecule has 1 aliphatic rings. The van der Waals surface area contributed by atoms with Gasteiger partial charge in [0.1, 0.15) is 5.75 Å². The second-order valence-corrected chi connectivity index (χ2v) is 6.13. The van der Waals surface area contributed by atoms with Crippen LogP contribution in [0.2, 0.25) is 0 Å². The van der Waals surface area contributed by atoms with Crippen LogP contribution in [0.4, 0.5) is 13.2 Å². The molecule has 2 heterocycles. The van der Waals surface area contributed by atoms with E-state index in [4.69, 9.17) is 14.3 Å². The van der Waals surface area contributed by atoms with Crippen LogP contribution in [0.15, 0.2) is 34.9 Å². The Labute approximate surface area is 147 Å². The lowest BCUT2D eigenvalue weighted by molar-refractivity contribution is -0.188. The van der Waals surface area contributed by atoms with Gasteiger partial charge in [0.05, 0.1) is 31.7 Å². The maximum Gasteiger partial charge on any atom is 0.393 e. The van der Waals surface area contributed by atoms with Crippen LogP contribution in [0.25, 0.3) is 11.3 Å². The Morgan fingerprint density at radius 3 is 2.58 bits per heavy atom. The fourth-order valence-electron chi connectivity index (χ4n) is 3.06. The highest BCUT2D eigenvalue weighted by Gasteiger charge is 2.52. The van der Waals surface area contributed by atoms with Crippen LogP contribution in [0, 0.1) is 11.8 Å². The van der Waals surface area contributed by atoms with Crippen molar-refractivity contribution in [3.05, 3.63) is 36.4 Å². The molecule has 0 amide bonds. The first kappa shape index (κ1) is 18.2. The standard InChI is InChI=1S/C17H17F3N2O4/c1-25-11-4-2-10(3-5-11)14-6-21-15(26-14)9-22-7-12(16(23)24)13(8-22)17(18,19)20/h2-6,12-13H,7-9H2,1H3,(H,23,24)/t12-,13-/m1/s1. The van der Waals surface area contributed by atoms with Crippen molar-refractivity contribution < 1.29 is 32.2 Å². The maximum absolute atomic E-state index is 13.0. The summed E-state index contributed by atoms with van der Waals surface area (Å²) in [4.78, 5) is 16.6. The SMILES string of the molecule is COc1ccc(-c2cnc(CN3C[C@@H](C(F)(F)F)[C@H](C(=O)O)C3)o2)cc1. The molecule has 3 rings (SSSR count). The molecule has 9 heteroatoms. The van der Waals surface area contributed by atoms with Gasteiger partial charge in [-0.15, -0.1) is 0 Å². The molecule has 2 aromatic rings. The molecule has 0 saturated carbocycles. The Morgan fingerprint density at radius 1 is 1.35 bits per heavy atom. The second-order valence-electron chi connectivity index (χ2n) is 6.13. The molecular weight excluding hydrogens is 353 g/mol. The lowest BCUT2D eigenvalue weighted by Crippen LogP contribution is -2.33. The van der Waals surface area contributed by atoms with Crippen molar-refractivity contribution in [3.8, 4) is 17.1 Å². The molecule has 2 atom stereocenters. The number of alkyl halides is 3. The van der Waals surface area contributed by atoms with Crippen LogP contribution in [0.1, 0.15) is 5.89 Å². The highest BCUT2D eigenvalue weighted by atomic mass is 19.4. The number of aliphatic carboxylic acids is 1. The Kier molecular flexibility index (Phi) is 4.90. The fourth-order valence-corrected chi connectivity index (χ4v) is 3.06. The Balaban J connectivity index is 1.70. The highest BCUT2D eigenvalue weighted by Crippen LogP contribution is 2.38. The van der Waals surface area contributed by atoms with E-state index in [0.29, 0.717) is 11.5 Å². The van der Waals surface area contributed by atoms with Crippen molar-refractivity contribution in [1.29, 1.82) is 0 Å². The zero-order chi connectivity index (χ0) is 18.9. The summed E-state index contributed by atoms with van der Waals surface area (Å²) < 4.78 is 49.8. The van der Waals surface area contributed by atoms with Crippen LogP contribution in [-0.4, -0.2) is 47.3 Å². The molecule has 26 heavy (non-hydrogen) atoms. The molecular formula is C17H17F3N2O4. The van der Waals surface area contributed by atoms with E-state index in [1.165, 1.54) is 11.1 Å². The number of benzene rings is 1. The van der Waals surface area contributed by atoms with Gasteiger partial charge in [-0.05, 0) is 24.3 Å². The third-order valence-electron chi connectivity index (χ3n) is 4.42. The third kappa shape index (κ3) is 3.82. The predicted octanol–water partition coefficient (Wildman–Crippen LogP) is 3.05. The molecule has 140 valence electrons. The summed E-state index contributed by atoms with van der Waals surface area (Å²) in [5, 5.41) is 9.05. The molecule has 0 radical (unpaired) electrons. The van der Waals surface area contributed by atoms with Gasteiger partial charge in [0.15, 0.2) is 5.76 Å². The monoisotopic (exact) mass is 370 g/mol. The molecule has 0 spiro atoms. The van der Waals surface area contributed by atoms with Crippen LogP contribution in [-0.2, 0) is 11.3 Å². The first-order chi connectivity index (χ1) is 12.3. The number of hydrogen-bond donors (Lipinski definition) is 1. The second kappa shape index (κ2) is 6.99. The Hall–Kier alpha value is -2.55. The number of rotatable bonds is 5. The van der Waals surface area contributed by atoms with Gasteiger partial charge in [0.25, 0.3) is 0 Å². The van der Waals surface area contributed by atoms with E-state index in [1.807, 2.05) is 0 Å². The quantitative estimate of drug-likeness (QED) is 0.872. The van der Waals surface area contributed by atoms with E-state index in [-0.39, 0.29) is 25.5 Å². The van der Waals surface area contributed by atoms with Crippen molar-refractivity contribution in [3.63, 3.8) is 0 Å². The topological polar surface area (TPSA) is 75.8 Å². The maximum atomic E-state index is 13.0. The fraction of sp³-hybridized carbons (Fsp3) is 0.412. The van der Waals surface area contributed by atoms with Gasteiger partial charge < -0.3 is 14.3 Å². The number of hydrogen-bond acceptors (Lipinski definition) is 5. The number of ether oxygens (including phenoxy) is 1. The molecule has 1 aliphatic heterocycles. The molecule has 0 unspecified atom stereocenters. The molecule has 1 N–H and O–H groups in total. The van der Waals surface area contributed by atoms with Crippen molar-refractivity contribution in [2.24, 2.45) is 11.8 Å². The van der Waals surface area contributed by atoms with Crippen LogP contribution >= 0.6 is 0 Å². The Morgan fingerprint density at radius 2 is 2.04 bits per heavy atom. The van der Waals surface area contributed by atoms with E-state index in [9.17, 15) is 18.0 Å². The molecule has 6 nitrogen and oxygen atoms in total. The van der Waals surface area contributed by atoms with E-state index in [0.717, 1.165) is 5.56 Å². The number of carbonyl (C=O) groups is 1. The van der Waals surface area contributed by atoms with Crippen molar-refractivity contribution in [1.82, 2.24) is 9.88 Å². The largest absolute Gasteiger partial charge is 0.497 e. The lowest BCUT2D eigenvalue weighted by Gasteiger charge is -2.18. The number of likely N-dealkylation sites (tertiary alicyclic amines) is 1. The summed E-state index contributed by atoms with van der Waals surface area (Å²) in [6, 6.07) is 7.06. The van der Waals surface area contributed by atoms with E-state index in [1.54, 1.807) is 31.4 Å². The van der Waals surface area contributed by atoms with Gasteiger partial charge in [0.2, 0.25) is 5.89 Å². The van der Waals surface area contributed by atoms with Gasteiger partial charge in [-0.2, -0.15) is 13.2 Å². The van der Waals surface area contributed by atoms with Crippen molar-refractivity contribution >= 4 is 5.97 Å². The van der Waals surface area contributed by atoms with Gasteiger partial charge >= 0.3 is 12.1 Å². The summed E-state index contributed by atoms with van der Waals surface area (Å²) >= 11 is 0. The first-order valence-electron chi connectivity index (χ1n) is 7.89. The molecule has 1 fully saturated rings. The van der Waals surface area contributed by atoms with Crippen molar-refractivity contribution in [2.75, 3.05) is 20.2 Å². The average Bonchev–Trinajstić information content (AvgIpc) is 3.22. The van der Waals surface area contributed by atoms with Crippen LogP contribution in [0.3, 0.4) is 0 Å². The number of methoxy groups -OCH3 is 1. The van der Waals surface area contributed by atoms with Gasteiger partial charge in [0, 0.05) is 18.7 Å². The summed E-state index contributed by atoms with van der Waals surface area (Å²) in [5.74, 6) is -3.42. The van der Waals surface area contributed by atoms with E-state index in [2.05, 4.69) is 4.98 Å². The molecule has 1 saturated heterocycles. The van der Waals surface area contributed by atoms with E-state index >= 15 is 0 Å². The number of oxazole rings is 1. The van der Waals surface area contributed by atoms with Crippen LogP contribution in [0.5, 0.6) is 5.75 Å². The summed E-state index contributed by atoms with van der Waals surface area (Å²) in [6.45, 7) is -0.563. The average molecular weight is 370 g/mol. The minimum Gasteiger partial charge on any atom is -0.497 e. The van der Waals surface area contributed by atoms with Gasteiger partial charge in [-0.3, -0.25) is 9.69 Å². The number of aromatic nitrogens is 1. The molecule has 1 aromatic heterocycles.